The molecule has 0 amide bonds. The van der Waals surface area contributed by atoms with E-state index in [0.717, 1.165) is 21.3 Å². The van der Waals surface area contributed by atoms with Gasteiger partial charge in [0.05, 0.1) is 6.10 Å². The van der Waals surface area contributed by atoms with Gasteiger partial charge < -0.3 is 9.47 Å². The van der Waals surface area contributed by atoms with Gasteiger partial charge in [-0.25, -0.2) is 0 Å². The summed E-state index contributed by atoms with van der Waals surface area (Å²) in [6, 6.07) is 16.1. The summed E-state index contributed by atoms with van der Waals surface area (Å²) in [4.78, 5) is 0. The van der Waals surface area contributed by atoms with Crippen molar-refractivity contribution in [1.29, 1.82) is 0 Å². The van der Waals surface area contributed by atoms with E-state index in [-0.39, 0.29) is 6.10 Å². The molecule has 0 spiro atoms. The zero-order valence-corrected chi connectivity index (χ0v) is 12.7. The molecule has 0 aliphatic carbocycles. The smallest absolute Gasteiger partial charge is 0.126 e. The van der Waals surface area contributed by atoms with Crippen molar-refractivity contribution in [3.05, 3.63) is 64.1 Å². The quantitative estimate of drug-likeness (QED) is 0.792. The van der Waals surface area contributed by atoms with E-state index in [4.69, 9.17) is 9.47 Å². The highest BCUT2D eigenvalue weighted by atomic mass is 79.9. The third kappa shape index (κ3) is 3.82. The lowest BCUT2D eigenvalue weighted by Gasteiger charge is -2.16. The Morgan fingerprint density at radius 1 is 1.11 bits per heavy atom. The molecule has 0 N–H and O–H groups in total. The van der Waals surface area contributed by atoms with Crippen LogP contribution in [0.4, 0.5) is 0 Å². The van der Waals surface area contributed by atoms with E-state index in [0.29, 0.717) is 6.61 Å². The maximum atomic E-state index is 5.92. The van der Waals surface area contributed by atoms with Gasteiger partial charge in [-0.3, -0.25) is 0 Å². The fraction of sp³-hybridized carbons (Fsp3) is 0.250. The Labute approximate surface area is 122 Å². The van der Waals surface area contributed by atoms with E-state index in [1.54, 1.807) is 7.11 Å². The second kappa shape index (κ2) is 6.73. The third-order valence-corrected chi connectivity index (χ3v) is 3.50. The summed E-state index contributed by atoms with van der Waals surface area (Å²) in [5.74, 6) is 0.854. The molecule has 0 bridgehead atoms. The van der Waals surface area contributed by atoms with Crippen LogP contribution >= 0.6 is 15.9 Å². The van der Waals surface area contributed by atoms with Crippen LogP contribution in [0.2, 0.25) is 0 Å². The first kappa shape index (κ1) is 14.1. The number of hydrogen-bond donors (Lipinski definition) is 0. The average molecular weight is 321 g/mol. The third-order valence-electron chi connectivity index (χ3n) is 3.00. The van der Waals surface area contributed by atoms with Crippen molar-refractivity contribution in [2.45, 2.75) is 19.6 Å². The minimum atomic E-state index is 0.0128. The molecule has 0 aliphatic rings. The highest BCUT2D eigenvalue weighted by Gasteiger charge is 2.11. The van der Waals surface area contributed by atoms with Gasteiger partial charge >= 0.3 is 0 Å². The molecule has 0 unspecified atom stereocenters. The summed E-state index contributed by atoms with van der Waals surface area (Å²) in [6.07, 6.45) is 0.0128. The van der Waals surface area contributed by atoms with Crippen LogP contribution in [0, 0.1) is 0 Å². The molecule has 0 aliphatic heterocycles. The van der Waals surface area contributed by atoms with Gasteiger partial charge in [0.25, 0.3) is 0 Å². The monoisotopic (exact) mass is 320 g/mol. The minimum Gasteiger partial charge on any atom is -0.488 e. The van der Waals surface area contributed by atoms with Gasteiger partial charge in [-0.2, -0.15) is 0 Å². The number of rotatable bonds is 5. The molecular weight excluding hydrogens is 304 g/mol. The second-order valence-corrected chi connectivity index (χ2v) is 5.25. The number of hydrogen-bond acceptors (Lipinski definition) is 2. The van der Waals surface area contributed by atoms with Crippen LogP contribution in [0.15, 0.2) is 53.0 Å². The van der Waals surface area contributed by atoms with Crippen LogP contribution in [0.3, 0.4) is 0 Å². The van der Waals surface area contributed by atoms with Crippen molar-refractivity contribution >= 4 is 15.9 Å². The maximum Gasteiger partial charge on any atom is 0.126 e. The molecule has 2 aromatic rings. The summed E-state index contributed by atoms with van der Waals surface area (Å²) < 4.78 is 12.3. The summed E-state index contributed by atoms with van der Waals surface area (Å²) in [7, 11) is 1.70. The van der Waals surface area contributed by atoms with Crippen molar-refractivity contribution in [2.75, 3.05) is 7.11 Å². The van der Waals surface area contributed by atoms with Gasteiger partial charge in [-0.15, -0.1) is 0 Å². The Morgan fingerprint density at radius 3 is 2.53 bits per heavy atom. The highest BCUT2D eigenvalue weighted by molar-refractivity contribution is 9.10. The zero-order chi connectivity index (χ0) is 13.7. The van der Waals surface area contributed by atoms with E-state index in [2.05, 4.69) is 28.1 Å². The predicted octanol–water partition coefficient (Wildman–Crippen LogP) is 4.74. The van der Waals surface area contributed by atoms with Crippen molar-refractivity contribution in [3.63, 3.8) is 0 Å². The van der Waals surface area contributed by atoms with Crippen LogP contribution < -0.4 is 4.74 Å². The van der Waals surface area contributed by atoms with Crippen LogP contribution in [-0.2, 0) is 11.3 Å². The van der Waals surface area contributed by atoms with E-state index >= 15 is 0 Å². The van der Waals surface area contributed by atoms with Gasteiger partial charge in [0.2, 0.25) is 0 Å². The standard InChI is InChI=1S/C16H17BrO2/c1-12(18-2)15-9-8-14(17)10-16(15)19-11-13-6-4-3-5-7-13/h3-10,12H,11H2,1-2H3/t12-/m0/s1. The van der Waals surface area contributed by atoms with Crippen LogP contribution in [0.5, 0.6) is 5.75 Å². The van der Waals surface area contributed by atoms with Gasteiger partial charge in [-0.1, -0.05) is 52.3 Å². The Balaban J connectivity index is 2.16. The minimum absolute atomic E-state index is 0.0128. The van der Waals surface area contributed by atoms with Crippen molar-refractivity contribution < 1.29 is 9.47 Å². The molecule has 2 rings (SSSR count). The highest BCUT2D eigenvalue weighted by Crippen LogP contribution is 2.30. The molecule has 0 fully saturated rings. The molecule has 0 aromatic heterocycles. The molecular formula is C16H17BrO2. The van der Waals surface area contributed by atoms with Gasteiger partial charge in [-0.05, 0) is 24.6 Å². The first-order chi connectivity index (χ1) is 9.20. The first-order valence-corrected chi connectivity index (χ1v) is 6.99. The van der Waals surface area contributed by atoms with Gasteiger partial charge in [0.15, 0.2) is 0 Å². The van der Waals surface area contributed by atoms with Crippen LogP contribution in [0.25, 0.3) is 0 Å². The van der Waals surface area contributed by atoms with Crippen LogP contribution in [-0.4, -0.2) is 7.11 Å². The Hall–Kier alpha value is -1.32. The molecule has 0 heterocycles. The lowest BCUT2D eigenvalue weighted by Crippen LogP contribution is -2.02. The van der Waals surface area contributed by atoms with E-state index < -0.39 is 0 Å². The number of halogens is 1. The van der Waals surface area contributed by atoms with Crippen molar-refractivity contribution in [2.24, 2.45) is 0 Å². The van der Waals surface area contributed by atoms with E-state index in [9.17, 15) is 0 Å². The topological polar surface area (TPSA) is 18.5 Å². The molecule has 1 atom stereocenters. The average Bonchev–Trinajstić information content (AvgIpc) is 2.45. The van der Waals surface area contributed by atoms with Gasteiger partial charge in [0.1, 0.15) is 12.4 Å². The fourth-order valence-corrected chi connectivity index (χ4v) is 2.17. The van der Waals surface area contributed by atoms with Crippen molar-refractivity contribution in [1.82, 2.24) is 0 Å². The summed E-state index contributed by atoms with van der Waals surface area (Å²) >= 11 is 3.47. The number of ether oxygens (including phenoxy) is 2. The van der Waals surface area contributed by atoms with Crippen molar-refractivity contribution in [3.8, 4) is 5.75 Å². The van der Waals surface area contributed by atoms with Gasteiger partial charge in [0, 0.05) is 17.1 Å². The Morgan fingerprint density at radius 2 is 1.84 bits per heavy atom. The zero-order valence-electron chi connectivity index (χ0n) is 11.1. The summed E-state index contributed by atoms with van der Waals surface area (Å²) in [6.45, 7) is 2.57. The molecule has 3 heteroatoms. The number of benzene rings is 2. The molecule has 0 saturated heterocycles. The molecule has 2 aromatic carbocycles. The first-order valence-electron chi connectivity index (χ1n) is 6.19. The largest absolute Gasteiger partial charge is 0.488 e. The normalized spacial score (nSPS) is 12.2. The SMILES string of the molecule is CO[C@@H](C)c1ccc(Br)cc1OCc1ccccc1. The van der Waals surface area contributed by atoms with Crippen LogP contribution in [0.1, 0.15) is 24.2 Å². The molecule has 100 valence electrons. The predicted molar refractivity (Wildman–Crippen MR) is 80.3 cm³/mol. The lowest BCUT2D eigenvalue weighted by atomic mass is 10.1. The molecule has 19 heavy (non-hydrogen) atoms. The maximum absolute atomic E-state index is 5.92. The summed E-state index contributed by atoms with van der Waals surface area (Å²) in [5, 5.41) is 0. The Kier molecular flexibility index (Phi) is 5.00. The Bertz CT molecular complexity index is 526. The summed E-state index contributed by atoms with van der Waals surface area (Å²) in [5.41, 5.74) is 2.21. The molecule has 0 radical (unpaired) electrons. The van der Waals surface area contributed by atoms with E-state index in [1.807, 2.05) is 43.3 Å². The molecule has 2 nitrogen and oxygen atoms in total. The lowest BCUT2D eigenvalue weighted by molar-refractivity contribution is 0.115. The van der Waals surface area contributed by atoms with E-state index in [1.165, 1.54) is 0 Å². The number of methoxy groups -OCH3 is 1. The fourth-order valence-electron chi connectivity index (χ4n) is 1.83. The molecule has 0 saturated carbocycles. The second-order valence-electron chi connectivity index (χ2n) is 4.33.